The van der Waals surface area contributed by atoms with Crippen molar-refractivity contribution in [3.05, 3.63) is 35.6 Å². The van der Waals surface area contributed by atoms with E-state index in [1.165, 1.54) is 31.4 Å². The van der Waals surface area contributed by atoms with Crippen LogP contribution in [0.4, 0.5) is 0 Å². The third-order valence-corrected chi connectivity index (χ3v) is 2.64. The fourth-order valence-corrected chi connectivity index (χ4v) is 1.55. The summed E-state index contributed by atoms with van der Waals surface area (Å²) in [7, 11) is 0. The third-order valence-electron chi connectivity index (χ3n) is 2.64. The van der Waals surface area contributed by atoms with E-state index in [4.69, 9.17) is 15.9 Å². The number of phenols is 1. The number of carbonyl (C=O) groups excluding carboxylic acids is 1. The summed E-state index contributed by atoms with van der Waals surface area (Å²) in [6, 6.07) is 5.98. The van der Waals surface area contributed by atoms with E-state index in [-0.39, 0.29) is 40.9 Å². The van der Waals surface area contributed by atoms with Gasteiger partial charge < -0.3 is 20.7 Å². The van der Waals surface area contributed by atoms with Crippen molar-refractivity contribution in [3.63, 3.8) is 0 Å². The minimum absolute atomic E-state index is 0. The number of carboxylic acids is 1. The molecule has 0 aliphatic rings. The average Bonchev–Trinajstić information content (AvgIpc) is 2.39. The summed E-state index contributed by atoms with van der Waals surface area (Å²) in [6.07, 6.45) is 5.88. The normalized spacial score (nSPS) is 9.00. The predicted octanol–water partition coefficient (Wildman–Crippen LogP) is 1.02. The van der Waals surface area contributed by atoms with E-state index >= 15 is 0 Å². The molecule has 112 valence electrons. The molecule has 0 atom stereocenters. The molecule has 1 aromatic carbocycles. The summed E-state index contributed by atoms with van der Waals surface area (Å²) in [5, 5.41) is 17.2. The van der Waals surface area contributed by atoms with Gasteiger partial charge >= 0.3 is 35.5 Å². The molecule has 0 saturated carbocycles. The number of amides is 1. The van der Waals surface area contributed by atoms with Crippen molar-refractivity contribution in [2.24, 2.45) is 0 Å². The van der Waals surface area contributed by atoms with Crippen LogP contribution in [-0.4, -0.2) is 22.1 Å². The Balaban J connectivity index is 0. The average molecular weight is 303 g/mol. The molecule has 1 amide bonds. The van der Waals surface area contributed by atoms with Gasteiger partial charge in [0.25, 0.3) is 0 Å². The standard InChI is InChI=1S/C8H16O2.C7H7NO2.Na/c1-2-3-4-5-6-7-8(9)10;8-7(10)5-3-1-2-4-6(5)9;/h2-7H2,1H3,(H,9,10);1-4H,(H3,8,9,10);/q;;+1/p-1. The zero-order valence-corrected chi connectivity index (χ0v) is 14.8. The summed E-state index contributed by atoms with van der Waals surface area (Å²) < 4.78 is 0. The molecule has 0 fully saturated rings. The van der Waals surface area contributed by atoms with E-state index in [0.29, 0.717) is 6.42 Å². The first-order valence-corrected chi connectivity index (χ1v) is 6.74. The van der Waals surface area contributed by atoms with Crippen molar-refractivity contribution in [3.8, 4) is 5.75 Å². The van der Waals surface area contributed by atoms with Crippen LogP contribution in [-0.2, 0) is 4.79 Å². The van der Waals surface area contributed by atoms with E-state index in [1.807, 2.05) is 0 Å². The number of para-hydroxylation sites is 1. The zero-order valence-electron chi connectivity index (χ0n) is 12.8. The Bertz CT molecular complexity index is 424. The first kappa shape index (κ1) is 22.2. The number of rotatable bonds is 7. The molecule has 0 unspecified atom stereocenters. The maximum Gasteiger partial charge on any atom is 1.00 e. The molecule has 0 radical (unpaired) electrons. The van der Waals surface area contributed by atoms with Gasteiger partial charge in [0.15, 0.2) is 0 Å². The fourth-order valence-electron chi connectivity index (χ4n) is 1.55. The minimum atomic E-state index is -0.863. The van der Waals surface area contributed by atoms with Gasteiger partial charge in [0.2, 0.25) is 0 Å². The number of nitrogens with one attached hydrogen (secondary N) is 1. The second-order valence-electron chi connectivity index (χ2n) is 4.40. The van der Waals surface area contributed by atoms with Gasteiger partial charge in [-0.1, -0.05) is 44.7 Å². The first-order valence-electron chi connectivity index (χ1n) is 6.74. The van der Waals surface area contributed by atoms with E-state index in [2.05, 4.69) is 6.92 Å². The molecule has 0 aliphatic carbocycles. The number of hydrogen-bond acceptors (Lipinski definition) is 3. The number of unbranched alkanes of at least 4 members (excludes halogenated alkanes) is 4. The maximum absolute atomic E-state index is 10.4. The maximum atomic E-state index is 10.4. The largest absolute Gasteiger partial charge is 1.00 e. The summed E-state index contributed by atoms with van der Waals surface area (Å²) in [4.78, 5) is 20.4. The van der Waals surface area contributed by atoms with E-state index < -0.39 is 11.9 Å². The van der Waals surface area contributed by atoms with Crippen molar-refractivity contribution in [1.29, 1.82) is 0 Å². The third kappa shape index (κ3) is 12.4. The van der Waals surface area contributed by atoms with Crippen LogP contribution in [0.15, 0.2) is 24.3 Å². The van der Waals surface area contributed by atoms with Gasteiger partial charge in [0.05, 0.1) is 5.91 Å². The second kappa shape index (κ2) is 13.9. The Morgan fingerprint density at radius 3 is 2.10 bits per heavy atom. The van der Waals surface area contributed by atoms with Crippen molar-refractivity contribution >= 4 is 11.9 Å². The Morgan fingerprint density at radius 2 is 1.67 bits per heavy atom. The van der Waals surface area contributed by atoms with Gasteiger partial charge in [0, 0.05) is 12.0 Å². The molecule has 0 heterocycles. The monoisotopic (exact) mass is 303 g/mol. The smallest absolute Gasteiger partial charge is 0.663 e. The molecular weight excluding hydrogens is 281 g/mol. The van der Waals surface area contributed by atoms with Gasteiger partial charge in [0.1, 0.15) is 5.75 Å². The number of hydrogen-bond donors (Lipinski definition) is 2. The molecule has 3 N–H and O–H groups in total. The van der Waals surface area contributed by atoms with Gasteiger partial charge in [-0.05, 0) is 18.6 Å². The van der Waals surface area contributed by atoms with Crippen LogP contribution in [0.1, 0.15) is 55.8 Å². The Morgan fingerprint density at radius 1 is 1.10 bits per heavy atom. The molecule has 0 saturated heterocycles. The zero-order chi connectivity index (χ0) is 15.4. The van der Waals surface area contributed by atoms with Gasteiger partial charge in [-0.2, -0.15) is 0 Å². The fraction of sp³-hybridized carbons (Fsp3) is 0.467. The molecule has 21 heavy (non-hydrogen) atoms. The van der Waals surface area contributed by atoms with Gasteiger partial charge in [-0.3, -0.25) is 4.79 Å². The predicted molar refractivity (Wildman–Crippen MR) is 77.8 cm³/mol. The van der Waals surface area contributed by atoms with Crippen LogP contribution < -0.4 is 29.6 Å². The number of carbonyl (C=O) groups is 2. The molecule has 0 spiro atoms. The van der Waals surface area contributed by atoms with Crippen LogP contribution in [0.25, 0.3) is 5.73 Å². The van der Waals surface area contributed by atoms with E-state index in [9.17, 15) is 9.59 Å². The van der Waals surface area contributed by atoms with Crippen LogP contribution >= 0.6 is 0 Å². The topological polar surface area (TPSA) is 98.4 Å². The molecule has 1 aromatic rings. The summed E-state index contributed by atoms with van der Waals surface area (Å²) >= 11 is 0. The number of benzene rings is 1. The Hall–Kier alpha value is -1.04. The van der Waals surface area contributed by atoms with Crippen LogP contribution in [0.2, 0.25) is 0 Å². The second-order valence-corrected chi connectivity index (χ2v) is 4.40. The number of aliphatic carboxylic acids is 1. The van der Waals surface area contributed by atoms with Crippen LogP contribution in [0.3, 0.4) is 0 Å². The van der Waals surface area contributed by atoms with E-state index in [0.717, 1.165) is 12.8 Å². The van der Waals surface area contributed by atoms with Crippen LogP contribution in [0.5, 0.6) is 5.75 Å². The summed E-state index contributed by atoms with van der Waals surface area (Å²) in [6.45, 7) is 2.15. The van der Waals surface area contributed by atoms with E-state index in [1.54, 1.807) is 12.1 Å². The molecule has 1 rings (SSSR count). The van der Waals surface area contributed by atoms with Crippen molar-refractivity contribution < 1.29 is 49.4 Å². The molecule has 6 heteroatoms. The number of carboxylic acid groups (broad SMARTS) is 1. The molecule has 5 nitrogen and oxygen atoms in total. The van der Waals surface area contributed by atoms with Crippen molar-refractivity contribution in [1.82, 2.24) is 0 Å². The molecule has 0 aromatic heterocycles. The molecular formula is C15H22NNaO4. The quantitative estimate of drug-likeness (QED) is 0.580. The molecule has 0 bridgehead atoms. The Kier molecular flexibility index (Phi) is 14.7. The summed E-state index contributed by atoms with van der Waals surface area (Å²) in [5.74, 6) is -1.67. The molecule has 0 aliphatic heterocycles. The number of aromatic hydroxyl groups is 1. The van der Waals surface area contributed by atoms with Gasteiger partial charge in [-0.25, -0.2) is 0 Å². The van der Waals surface area contributed by atoms with Crippen molar-refractivity contribution in [2.75, 3.05) is 0 Å². The first-order chi connectivity index (χ1) is 9.49. The Labute approximate surface area is 147 Å². The summed E-state index contributed by atoms with van der Waals surface area (Å²) in [5.41, 5.74) is 6.70. The number of phenolic OH excluding ortho intramolecular Hbond substituents is 1. The van der Waals surface area contributed by atoms with Crippen LogP contribution in [0, 0.1) is 0 Å². The minimum Gasteiger partial charge on any atom is -0.663 e. The van der Waals surface area contributed by atoms with Gasteiger partial charge in [-0.15, -0.1) is 0 Å². The SMILES string of the molecule is CCCCCCCC(=O)O.[NH-]C(=O)c1ccccc1O.[Na+]. The van der Waals surface area contributed by atoms with Crippen molar-refractivity contribution in [2.45, 2.75) is 45.4 Å².